The number of para-hydroxylation sites is 4. The Balaban J connectivity index is 0.993. The van der Waals surface area contributed by atoms with E-state index in [2.05, 4.69) is 217 Å². The van der Waals surface area contributed by atoms with E-state index < -0.39 is 0 Å². The van der Waals surface area contributed by atoms with E-state index in [4.69, 9.17) is 4.42 Å². The van der Waals surface area contributed by atoms with Crippen molar-refractivity contribution in [2.75, 3.05) is 4.90 Å². The predicted octanol–water partition coefficient (Wildman–Crippen LogP) is 14.1. The molecule has 0 saturated heterocycles. The van der Waals surface area contributed by atoms with Crippen LogP contribution in [-0.4, -0.2) is 11.8 Å². The summed E-state index contributed by atoms with van der Waals surface area (Å²) in [6.45, 7) is -0.108. The molecule has 0 amide bonds. The average molecular weight is 818 g/mol. The Kier molecular flexibility index (Phi) is 9.09. The highest BCUT2D eigenvalue weighted by Gasteiger charge is 2.29. The lowest BCUT2D eigenvalue weighted by molar-refractivity contribution is 0.477. The number of nitrogens with zero attached hydrogens (tertiary/aromatic N) is 1. The zero-order chi connectivity index (χ0) is 42.6. The summed E-state index contributed by atoms with van der Waals surface area (Å²) < 4.78 is 6.71. The third-order valence-electron chi connectivity index (χ3n) is 12.9. The summed E-state index contributed by atoms with van der Waals surface area (Å²) in [5.41, 5.74) is 12.4. The Morgan fingerprint density at radius 1 is 0.344 bits per heavy atom. The second kappa shape index (κ2) is 15.5. The SMILES string of the molecule is Oc1cc(-c2ccc(N(c3ccccc3)c3ccccc3)cc2)ccc1-c1cc2c3ccccc3c(B(c3ccccc3)c3cccc4c3oc3ccccc34)cc2c2ccccc12. The number of fused-ring (bicyclic) bond motifs is 8. The highest BCUT2D eigenvalue weighted by Crippen LogP contribution is 2.43. The second-order valence-corrected chi connectivity index (χ2v) is 16.5. The quantitative estimate of drug-likeness (QED) is 0.123. The first kappa shape index (κ1) is 37.4. The average Bonchev–Trinajstić information content (AvgIpc) is 3.75. The Labute approximate surface area is 371 Å². The Hall–Kier alpha value is -8.34. The first-order chi connectivity index (χ1) is 31.7. The lowest BCUT2D eigenvalue weighted by Crippen LogP contribution is -2.52. The minimum absolute atomic E-state index is 0.108. The molecule has 4 heteroatoms. The molecular weight excluding hydrogens is 777 g/mol. The van der Waals surface area contributed by atoms with Crippen LogP contribution in [0.5, 0.6) is 5.75 Å². The number of furan rings is 1. The predicted molar refractivity (Wildman–Crippen MR) is 271 cm³/mol. The van der Waals surface area contributed by atoms with Crippen molar-refractivity contribution in [2.45, 2.75) is 0 Å². The fourth-order valence-electron chi connectivity index (χ4n) is 9.95. The molecule has 1 heterocycles. The molecule has 0 aliphatic rings. The second-order valence-electron chi connectivity index (χ2n) is 16.5. The summed E-state index contributed by atoms with van der Waals surface area (Å²) in [6.07, 6.45) is 0. The van der Waals surface area contributed by atoms with E-state index in [0.29, 0.717) is 0 Å². The maximum absolute atomic E-state index is 12.0. The van der Waals surface area contributed by atoms with Crippen LogP contribution in [-0.2, 0) is 0 Å². The number of anilines is 3. The molecule has 0 spiro atoms. The number of aromatic hydroxyl groups is 1. The monoisotopic (exact) mass is 817 g/mol. The van der Waals surface area contributed by atoms with E-state index in [1.807, 2.05) is 24.3 Å². The third-order valence-corrected chi connectivity index (χ3v) is 12.9. The molecule has 12 aromatic rings. The van der Waals surface area contributed by atoms with Crippen LogP contribution in [0.1, 0.15) is 0 Å². The van der Waals surface area contributed by atoms with Crippen LogP contribution in [0.25, 0.3) is 76.5 Å². The summed E-state index contributed by atoms with van der Waals surface area (Å²) >= 11 is 0. The molecule has 64 heavy (non-hydrogen) atoms. The van der Waals surface area contributed by atoms with Crippen molar-refractivity contribution >= 4 is 94.4 Å². The molecule has 1 aromatic heterocycles. The van der Waals surface area contributed by atoms with Crippen molar-refractivity contribution in [1.29, 1.82) is 0 Å². The molecule has 300 valence electrons. The fourth-order valence-corrected chi connectivity index (χ4v) is 9.95. The van der Waals surface area contributed by atoms with Crippen LogP contribution in [0, 0.1) is 0 Å². The molecule has 0 atom stereocenters. The zero-order valence-electron chi connectivity index (χ0n) is 34.9. The van der Waals surface area contributed by atoms with Gasteiger partial charge in [-0.05, 0) is 109 Å². The molecule has 0 bridgehead atoms. The smallest absolute Gasteiger partial charge is 0.246 e. The van der Waals surface area contributed by atoms with Gasteiger partial charge in [0.05, 0.1) is 0 Å². The maximum atomic E-state index is 12.0. The van der Waals surface area contributed by atoms with E-state index in [1.54, 1.807) is 0 Å². The van der Waals surface area contributed by atoms with E-state index in [1.165, 1.54) is 21.7 Å². The molecule has 0 unspecified atom stereocenters. The fraction of sp³-hybridized carbons (Fsp3) is 0. The van der Waals surface area contributed by atoms with Gasteiger partial charge in [-0.15, -0.1) is 0 Å². The standard InChI is InChI=1S/C60H40BNO2/c63-58-37-41(40-31-34-45(35-32-40)62(43-19-6-2-7-20-43)44-21-8-3-9-22-44)33-36-50(58)53-38-54-48-25-12-13-26-49(48)57(39-55(54)47-24-11-10-23-46(47)53)61(42-17-4-1-5-18-42)56-29-16-28-52-51-27-14-15-30-59(51)64-60(52)56/h1-39,63H. The number of rotatable bonds is 8. The van der Waals surface area contributed by atoms with Gasteiger partial charge in [-0.3, -0.25) is 0 Å². The minimum atomic E-state index is -0.108. The van der Waals surface area contributed by atoms with Crippen LogP contribution >= 0.6 is 0 Å². The Bertz CT molecular complexity index is 3640. The molecule has 0 fully saturated rings. The first-order valence-corrected chi connectivity index (χ1v) is 21.8. The van der Waals surface area contributed by atoms with Crippen LogP contribution in [0.2, 0.25) is 0 Å². The normalized spacial score (nSPS) is 11.5. The minimum Gasteiger partial charge on any atom is -0.507 e. The Morgan fingerprint density at radius 3 is 1.56 bits per heavy atom. The van der Waals surface area contributed by atoms with Crippen molar-refractivity contribution in [1.82, 2.24) is 0 Å². The van der Waals surface area contributed by atoms with Gasteiger partial charge < -0.3 is 14.4 Å². The van der Waals surface area contributed by atoms with Crippen LogP contribution < -0.4 is 21.3 Å². The topological polar surface area (TPSA) is 36.6 Å². The largest absolute Gasteiger partial charge is 0.507 e. The van der Waals surface area contributed by atoms with Crippen molar-refractivity contribution < 1.29 is 9.52 Å². The number of hydrogen-bond acceptors (Lipinski definition) is 3. The van der Waals surface area contributed by atoms with Crippen molar-refractivity contribution in [2.24, 2.45) is 0 Å². The van der Waals surface area contributed by atoms with Gasteiger partial charge in [-0.1, -0.05) is 193 Å². The molecule has 11 aromatic carbocycles. The van der Waals surface area contributed by atoms with Crippen molar-refractivity contribution in [3.8, 4) is 28.0 Å². The van der Waals surface area contributed by atoms with E-state index >= 15 is 0 Å². The number of phenols is 1. The number of benzene rings is 11. The Morgan fingerprint density at radius 2 is 0.875 bits per heavy atom. The van der Waals surface area contributed by atoms with Gasteiger partial charge in [-0.2, -0.15) is 0 Å². The molecule has 12 rings (SSSR count). The van der Waals surface area contributed by atoms with Gasteiger partial charge in [0, 0.05) is 33.4 Å². The summed E-state index contributed by atoms with van der Waals surface area (Å²) in [7, 11) is 0. The molecular formula is C60H40BNO2. The summed E-state index contributed by atoms with van der Waals surface area (Å²) in [5, 5.41) is 21.1. The lowest BCUT2D eigenvalue weighted by atomic mass is 9.36. The van der Waals surface area contributed by atoms with Gasteiger partial charge in [0.15, 0.2) is 0 Å². The van der Waals surface area contributed by atoms with Gasteiger partial charge >= 0.3 is 0 Å². The van der Waals surface area contributed by atoms with E-state index in [9.17, 15) is 5.11 Å². The van der Waals surface area contributed by atoms with Crippen LogP contribution in [0.3, 0.4) is 0 Å². The molecule has 0 saturated carbocycles. The summed E-state index contributed by atoms with van der Waals surface area (Å²) in [6, 6.07) is 83.3. The third kappa shape index (κ3) is 6.30. The van der Waals surface area contributed by atoms with Gasteiger partial charge in [0.2, 0.25) is 6.71 Å². The van der Waals surface area contributed by atoms with E-state index in [-0.39, 0.29) is 12.5 Å². The highest BCUT2D eigenvalue weighted by molar-refractivity contribution is 6.98. The number of hydrogen-bond donors (Lipinski definition) is 1. The zero-order valence-corrected chi connectivity index (χ0v) is 34.9. The first-order valence-electron chi connectivity index (χ1n) is 21.8. The molecule has 3 nitrogen and oxygen atoms in total. The van der Waals surface area contributed by atoms with Crippen molar-refractivity contribution in [3.63, 3.8) is 0 Å². The molecule has 0 radical (unpaired) electrons. The maximum Gasteiger partial charge on any atom is 0.246 e. The van der Waals surface area contributed by atoms with Crippen LogP contribution in [0.15, 0.2) is 241 Å². The van der Waals surface area contributed by atoms with Gasteiger partial charge in [-0.25, -0.2) is 0 Å². The lowest BCUT2D eigenvalue weighted by Gasteiger charge is -2.25. The summed E-state index contributed by atoms with van der Waals surface area (Å²) in [4.78, 5) is 2.25. The number of phenolic OH excluding ortho intramolecular Hbond substituents is 1. The van der Waals surface area contributed by atoms with Gasteiger partial charge in [0.25, 0.3) is 0 Å². The van der Waals surface area contributed by atoms with Crippen LogP contribution in [0.4, 0.5) is 17.1 Å². The molecule has 1 N–H and O–H groups in total. The molecule has 0 aliphatic heterocycles. The van der Waals surface area contributed by atoms with Crippen molar-refractivity contribution in [3.05, 3.63) is 237 Å². The van der Waals surface area contributed by atoms with Gasteiger partial charge in [0.1, 0.15) is 16.9 Å². The summed E-state index contributed by atoms with van der Waals surface area (Å²) in [5.74, 6) is 0.241. The van der Waals surface area contributed by atoms with E-state index in [0.717, 1.165) is 88.3 Å². The highest BCUT2D eigenvalue weighted by atomic mass is 16.3. The molecule has 0 aliphatic carbocycles.